The molecule has 0 amide bonds. The molecule has 0 nitrogen and oxygen atoms in total. The highest BCUT2D eigenvalue weighted by molar-refractivity contribution is 5.05. The zero-order valence-corrected chi connectivity index (χ0v) is 3.49. The number of rotatable bonds is 0. The first-order valence-electron chi connectivity index (χ1n) is 1.57. The van der Waals surface area contributed by atoms with E-state index in [1.54, 1.807) is 0 Å². The van der Waals surface area contributed by atoms with Crippen molar-refractivity contribution >= 4 is 0 Å². The Morgan fingerprint density at radius 2 is 1.80 bits per heavy atom. The van der Waals surface area contributed by atoms with Crippen LogP contribution in [0, 0.1) is 13.8 Å². The van der Waals surface area contributed by atoms with E-state index in [9.17, 15) is 0 Å². The Hall–Kier alpha value is -0.260. The fraction of sp³-hybridized carbons (Fsp3) is 0.200. The fourth-order valence-corrected chi connectivity index (χ4v) is 0. The van der Waals surface area contributed by atoms with E-state index in [1.807, 2.05) is 13.0 Å². The van der Waals surface area contributed by atoms with Gasteiger partial charge in [-0.25, -0.2) is 0 Å². The monoisotopic (exact) mass is 68.1 g/mol. The summed E-state index contributed by atoms with van der Waals surface area (Å²) < 4.78 is 0. The Balaban J connectivity index is 3.14. The first-order chi connectivity index (χ1) is 2.27. The zero-order chi connectivity index (χ0) is 4.28. The van der Waals surface area contributed by atoms with Crippen LogP contribution in [0.25, 0.3) is 0 Å². The van der Waals surface area contributed by atoms with Gasteiger partial charge in [0, 0.05) is 0 Å². The molecular formula is C5H8. The molecule has 0 aliphatic heterocycles. The van der Waals surface area contributed by atoms with Crippen LogP contribution in [0.15, 0.2) is 11.6 Å². The SMILES string of the molecule is [CH2]C([CH2])=CC. The molecule has 28 valence electrons. The van der Waals surface area contributed by atoms with Crippen LogP contribution >= 0.6 is 0 Å². The maximum absolute atomic E-state index is 3.51. The number of allylic oxidation sites excluding steroid dienone is 2. The predicted molar refractivity (Wildman–Crippen MR) is 24.5 cm³/mol. The van der Waals surface area contributed by atoms with Crippen molar-refractivity contribution < 1.29 is 0 Å². The lowest BCUT2D eigenvalue weighted by atomic mass is 10.3. The van der Waals surface area contributed by atoms with E-state index in [0.29, 0.717) is 0 Å². The maximum atomic E-state index is 3.51. The summed E-state index contributed by atoms with van der Waals surface area (Å²) in [6, 6.07) is 0. The van der Waals surface area contributed by atoms with Gasteiger partial charge < -0.3 is 0 Å². The highest BCUT2D eigenvalue weighted by Gasteiger charge is 1.61. The topological polar surface area (TPSA) is 0 Å². The Kier molecular flexibility index (Phi) is 1.90. The summed E-state index contributed by atoms with van der Waals surface area (Å²) in [5.74, 6) is 0. The summed E-state index contributed by atoms with van der Waals surface area (Å²) in [4.78, 5) is 0. The van der Waals surface area contributed by atoms with Crippen molar-refractivity contribution in [1.29, 1.82) is 0 Å². The molecule has 0 saturated carbocycles. The number of hydrogen-bond donors (Lipinski definition) is 0. The summed E-state index contributed by atoms with van der Waals surface area (Å²) in [6.07, 6.45) is 1.86. The molecule has 0 fully saturated rings. The first kappa shape index (κ1) is 4.74. The Bertz CT molecular complexity index is 38.0. The van der Waals surface area contributed by atoms with Crippen LogP contribution in [0.5, 0.6) is 0 Å². The molecule has 0 rings (SSSR count). The number of hydrogen-bond acceptors (Lipinski definition) is 0. The molecular weight excluding hydrogens is 60.1 g/mol. The molecule has 0 aliphatic rings. The second-order valence-corrected chi connectivity index (χ2v) is 0.947. The van der Waals surface area contributed by atoms with Gasteiger partial charge in [-0.1, -0.05) is 11.6 Å². The molecule has 0 atom stereocenters. The molecule has 0 aromatic heterocycles. The van der Waals surface area contributed by atoms with Gasteiger partial charge in [0.25, 0.3) is 0 Å². The third-order valence-electron chi connectivity index (χ3n) is 0.408. The van der Waals surface area contributed by atoms with Gasteiger partial charge in [0.1, 0.15) is 0 Å². The first-order valence-corrected chi connectivity index (χ1v) is 1.57. The van der Waals surface area contributed by atoms with Crippen molar-refractivity contribution in [1.82, 2.24) is 0 Å². The van der Waals surface area contributed by atoms with Gasteiger partial charge in [-0.3, -0.25) is 0 Å². The van der Waals surface area contributed by atoms with Crippen LogP contribution in [0.4, 0.5) is 0 Å². The molecule has 0 aliphatic carbocycles. The van der Waals surface area contributed by atoms with E-state index < -0.39 is 0 Å². The van der Waals surface area contributed by atoms with Gasteiger partial charge in [-0.2, -0.15) is 0 Å². The Morgan fingerprint density at radius 3 is 1.80 bits per heavy atom. The van der Waals surface area contributed by atoms with E-state index in [4.69, 9.17) is 0 Å². The Labute approximate surface area is 33.5 Å². The molecule has 0 aromatic rings. The summed E-state index contributed by atoms with van der Waals surface area (Å²) >= 11 is 0. The quantitative estimate of drug-likeness (QED) is 0.404. The molecule has 0 heteroatoms. The van der Waals surface area contributed by atoms with E-state index in [-0.39, 0.29) is 0 Å². The van der Waals surface area contributed by atoms with Gasteiger partial charge in [0.05, 0.1) is 0 Å². The third-order valence-corrected chi connectivity index (χ3v) is 0.408. The minimum Gasteiger partial charge on any atom is -0.0884 e. The van der Waals surface area contributed by atoms with Crippen LogP contribution in [0.1, 0.15) is 6.92 Å². The van der Waals surface area contributed by atoms with Crippen LogP contribution in [0.3, 0.4) is 0 Å². The van der Waals surface area contributed by atoms with Gasteiger partial charge in [0.15, 0.2) is 0 Å². The van der Waals surface area contributed by atoms with Crippen molar-refractivity contribution in [3.63, 3.8) is 0 Å². The lowest BCUT2D eigenvalue weighted by Gasteiger charge is -1.73. The summed E-state index contributed by atoms with van der Waals surface area (Å²) in [6.45, 7) is 8.93. The predicted octanol–water partition coefficient (Wildman–Crippen LogP) is 1.60. The second kappa shape index (κ2) is 2.01. The van der Waals surface area contributed by atoms with Gasteiger partial charge >= 0.3 is 0 Å². The van der Waals surface area contributed by atoms with Gasteiger partial charge in [-0.15, -0.1) is 0 Å². The van der Waals surface area contributed by atoms with E-state index in [2.05, 4.69) is 13.8 Å². The third kappa shape index (κ3) is 3.74. The molecule has 0 saturated heterocycles. The van der Waals surface area contributed by atoms with Crippen molar-refractivity contribution in [2.24, 2.45) is 0 Å². The van der Waals surface area contributed by atoms with Gasteiger partial charge in [0.2, 0.25) is 0 Å². The molecule has 0 N–H and O–H groups in total. The Morgan fingerprint density at radius 1 is 1.60 bits per heavy atom. The molecule has 0 aromatic carbocycles. The summed E-state index contributed by atoms with van der Waals surface area (Å²) in [5.41, 5.74) is 0.880. The summed E-state index contributed by atoms with van der Waals surface area (Å²) in [7, 11) is 0. The van der Waals surface area contributed by atoms with E-state index >= 15 is 0 Å². The molecule has 0 spiro atoms. The zero-order valence-electron chi connectivity index (χ0n) is 3.49. The fourth-order valence-electron chi connectivity index (χ4n) is 0. The normalized spacial score (nSPS) is 7.00. The van der Waals surface area contributed by atoms with Crippen molar-refractivity contribution in [2.45, 2.75) is 6.92 Å². The molecule has 2 radical (unpaired) electrons. The van der Waals surface area contributed by atoms with Crippen molar-refractivity contribution in [3.05, 3.63) is 25.5 Å². The van der Waals surface area contributed by atoms with Crippen molar-refractivity contribution in [3.8, 4) is 0 Å². The minimum atomic E-state index is 0.880. The smallest absolute Gasteiger partial charge is 0.0283 e. The average Bonchev–Trinajstić information content (AvgIpc) is 1.38. The molecule has 0 heterocycles. The summed E-state index contributed by atoms with van der Waals surface area (Å²) in [5, 5.41) is 0. The standard InChI is InChI=1S/C5H8/c1-4-5(2)3/h4H,2-3H2,1H3. The molecule has 0 unspecified atom stereocenters. The largest absolute Gasteiger partial charge is 0.0884 e. The van der Waals surface area contributed by atoms with Crippen molar-refractivity contribution in [2.75, 3.05) is 0 Å². The van der Waals surface area contributed by atoms with Crippen LogP contribution in [-0.4, -0.2) is 0 Å². The second-order valence-electron chi connectivity index (χ2n) is 0.947. The highest BCUT2D eigenvalue weighted by Crippen LogP contribution is 1.80. The van der Waals surface area contributed by atoms with Crippen LogP contribution in [-0.2, 0) is 0 Å². The van der Waals surface area contributed by atoms with Gasteiger partial charge in [-0.05, 0) is 20.8 Å². The van der Waals surface area contributed by atoms with Crippen LogP contribution in [0.2, 0.25) is 0 Å². The molecule has 5 heavy (non-hydrogen) atoms. The minimum absolute atomic E-state index is 0.880. The van der Waals surface area contributed by atoms with E-state index in [0.717, 1.165) is 5.57 Å². The van der Waals surface area contributed by atoms with Crippen LogP contribution < -0.4 is 0 Å². The highest BCUT2D eigenvalue weighted by atomic mass is 13.7. The average molecular weight is 68.1 g/mol. The maximum Gasteiger partial charge on any atom is -0.0283 e. The van der Waals surface area contributed by atoms with E-state index in [1.165, 1.54) is 0 Å². The lowest BCUT2D eigenvalue weighted by Crippen LogP contribution is -1.54. The molecule has 0 bridgehead atoms. The lowest BCUT2D eigenvalue weighted by molar-refractivity contribution is 1.62.